The predicted molar refractivity (Wildman–Crippen MR) is 129 cm³/mol. The van der Waals surface area contributed by atoms with Gasteiger partial charge in [-0.25, -0.2) is 4.98 Å². The molecule has 188 valence electrons. The van der Waals surface area contributed by atoms with Crippen molar-refractivity contribution in [1.82, 2.24) is 14.7 Å². The number of aromatic nitrogens is 2. The quantitative estimate of drug-likeness (QED) is 0.348. The van der Waals surface area contributed by atoms with Gasteiger partial charge in [-0.3, -0.25) is 4.79 Å². The molecule has 0 aliphatic rings. The number of benzene rings is 2. The number of rotatable bonds is 8. The second-order valence-electron chi connectivity index (χ2n) is 8.49. The van der Waals surface area contributed by atoms with Crippen molar-refractivity contribution in [1.29, 1.82) is 0 Å². The number of hydrogen-bond acceptors (Lipinski definition) is 4. The molecule has 1 atom stereocenters. The van der Waals surface area contributed by atoms with Gasteiger partial charge in [0, 0.05) is 37.3 Å². The van der Waals surface area contributed by atoms with Crippen LogP contribution in [0, 0.1) is 6.92 Å². The van der Waals surface area contributed by atoms with Gasteiger partial charge in [-0.2, -0.15) is 13.2 Å². The summed E-state index contributed by atoms with van der Waals surface area (Å²) in [5, 5.41) is 2.76. The second kappa shape index (κ2) is 10.3. The third kappa shape index (κ3) is 5.62. The maximum Gasteiger partial charge on any atom is 0.416 e. The third-order valence-electron chi connectivity index (χ3n) is 5.96. The highest BCUT2D eigenvalue weighted by molar-refractivity contribution is 5.77. The van der Waals surface area contributed by atoms with E-state index in [0.717, 1.165) is 34.6 Å². The molecule has 0 fully saturated rings. The van der Waals surface area contributed by atoms with Crippen molar-refractivity contribution in [2.24, 2.45) is 0 Å². The van der Waals surface area contributed by atoms with E-state index in [1.54, 1.807) is 32.5 Å². The molecular weight excluding hydrogens is 471 g/mol. The first-order chi connectivity index (χ1) is 17.2. The molecule has 2 heterocycles. The average Bonchev–Trinajstić information content (AvgIpc) is 3.28. The minimum Gasteiger partial charge on any atom is -0.497 e. The van der Waals surface area contributed by atoms with E-state index in [1.807, 2.05) is 41.8 Å². The van der Waals surface area contributed by atoms with E-state index in [4.69, 9.17) is 9.47 Å². The lowest BCUT2D eigenvalue weighted by Crippen LogP contribution is -2.25. The van der Waals surface area contributed by atoms with Crippen LogP contribution in [0.15, 0.2) is 67.0 Å². The van der Waals surface area contributed by atoms with E-state index in [2.05, 4.69) is 10.3 Å². The molecule has 1 amide bonds. The van der Waals surface area contributed by atoms with Crippen molar-refractivity contribution in [2.75, 3.05) is 14.2 Å². The summed E-state index contributed by atoms with van der Waals surface area (Å²) in [7, 11) is 3.10. The second-order valence-corrected chi connectivity index (χ2v) is 8.49. The normalized spacial score (nSPS) is 12.4. The Morgan fingerprint density at radius 2 is 1.78 bits per heavy atom. The highest BCUT2D eigenvalue weighted by atomic mass is 19.4. The Morgan fingerprint density at radius 1 is 1.06 bits per heavy atom. The van der Waals surface area contributed by atoms with E-state index in [9.17, 15) is 18.0 Å². The fourth-order valence-corrected chi connectivity index (χ4v) is 4.10. The van der Waals surface area contributed by atoms with Crippen molar-refractivity contribution < 1.29 is 27.4 Å². The number of nitrogens with one attached hydrogen (secondary N) is 1. The molecule has 1 N–H and O–H groups in total. The molecule has 36 heavy (non-hydrogen) atoms. The molecule has 0 aliphatic carbocycles. The van der Waals surface area contributed by atoms with Gasteiger partial charge in [-0.05, 0) is 60.0 Å². The molecule has 9 heteroatoms. The van der Waals surface area contributed by atoms with Gasteiger partial charge in [0.2, 0.25) is 5.91 Å². The molecule has 0 radical (unpaired) electrons. The van der Waals surface area contributed by atoms with Crippen LogP contribution in [-0.2, 0) is 17.5 Å². The molecule has 0 spiro atoms. The van der Waals surface area contributed by atoms with Crippen LogP contribution in [0.5, 0.6) is 11.5 Å². The number of halogens is 3. The number of carbonyl (C=O) groups excluding carboxylic acids is 1. The smallest absolute Gasteiger partial charge is 0.416 e. The van der Waals surface area contributed by atoms with Crippen LogP contribution in [0.25, 0.3) is 5.65 Å². The van der Waals surface area contributed by atoms with Crippen LogP contribution in [0.1, 0.15) is 40.3 Å². The minimum absolute atomic E-state index is 0.0246. The van der Waals surface area contributed by atoms with E-state index < -0.39 is 17.7 Å². The lowest BCUT2D eigenvalue weighted by molar-refractivity contribution is -0.137. The molecule has 6 nitrogen and oxygen atoms in total. The molecule has 4 aromatic rings. The number of carbonyl (C=O) groups is 1. The maximum absolute atomic E-state index is 13.1. The molecule has 0 bridgehead atoms. The number of fused-ring (bicyclic) bond motifs is 1. The fourth-order valence-electron chi connectivity index (χ4n) is 4.10. The summed E-state index contributed by atoms with van der Waals surface area (Å²) in [6.07, 6.45) is -0.779. The summed E-state index contributed by atoms with van der Waals surface area (Å²) in [6.45, 7) is 1.95. The molecule has 1 unspecified atom stereocenters. The highest BCUT2D eigenvalue weighted by Gasteiger charge is 2.30. The monoisotopic (exact) mass is 497 g/mol. The van der Waals surface area contributed by atoms with Crippen LogP contribution in [0.2, 0.25) is 0 Å². The zero-order valence-electron chi connectivity index (χ0n) is 20.1. The molecule has 2 aromatic carbocycles. The SMILES string of the molecule is COc1cc(OC)cc(C(CC(=O)NCc2cccc(C(F)(F)F)c2)c2cnc3cc(C)ccn23)c1. The van der Waals surface area contributed by atoms with Gasteiger partial charge < -0.3 is 19.2 Å². The molecule has 0 saturated heterocycles. The van der Waals surface area contributed by atoms with Crippen molar-refractivity contribution in [2.45, 2.75) is 32.0 Å². The minimum atomic E-state index is -4.45. The Hall–Kier alpha value is -4.01. The predicted octanol–water partition coefficient (Wildman–Crippen LogP) is 5.52. The number of hydrogen-bond donors (Lipinski definition) is 1. The number of methoxy groups -OCH3 is 2. The van der Waals surface area contributed by atoms with E-state index in [-0.39, 0.29) is 18.9 Å². The van der Waals surface area contributed by atoms with Crippen molar-refractivity contribution in [3.63, 3.8) is 0 Å². The first-order valence-electron chi connectivity index (χ1n) is 11.3. The summed E-state index contributed by atoms with van der Waals surface area (Å²) in [5.41, 5.74) is 2.98. The Morgan fingerprint density at radius 3 is 2.44 bits per heavy atom. The summed E-state index contributed by atoms with van der Waals surface area (Å²) in [4.78, 5) is 17.6. The number of nitrogens with zero attached hydrogens (tertiary/aromatic N) is 2. The van der Waals surface area contributed by atoms with Gasteiger partial charge in [-0.1, -0.05) is 12.1 Å². The molecule has 4 rings (SSSR count). The zero-order chi connectivity index (χ0) is 25.9. The van der Waals surface area contributed by atoms with E-state index >= 15 is 0 Å². The Labute approximate surface area is 206 Å². The number of pyridine rings is 1. The number of amides is 1. The van der Waals surface area contributed by atoms with Gasteiger partial charge in [0.05, 0.1) is 25.5 Å². The van der Waals surface area contributed by atoms with Crippen LogP contribution in [0.4, 0.5) is 13.2 Å². The number of imidazole rings is 1. The Kier molecular flexibility index (Phi) is 7.19. The van der Waals surface area contributed by atoms with Gasteiger partial charge in [0.1, 0.15) is 17.1 Å². The first-order valence-corrected chi connectivity index (χ1v) is 11.3. The molecular formula is C27H26F3N3O3. The third-order valence-corrected chi connectivity index (χ3v) is 5.96. The summed E-state index contributed by atoms with van der Waals surface area (Å²) in [6, 6.07) is 14.2. The highest BCUT2D eigenvalue weighted by Crippen LogP contribution is 2.34. The lowest BCUT2D eigenvalue weighted by Gasteiger charge is -2.19. The zero-order valence-corrected chi connectivity index (χ0v) is 20.1. The van der Waals surface area contributed by atoms with Crippen LogP contribution < -0.4 is 14.8 Å². The molecule has 2 aromatic heterocycles. The standard InChI is InChI=1S/C27H26F3N3O3/c1-17-7-8-33-24(16-31-25(33)9-17)23(19-11-21(35-2)13-22(12-19)36-3)14-26(34)32-15-18-5-4-6-20(10-18)27(28,29)30/h4-13,16,23H,14-15H2,1-3H3,(H,32,34). The molecule has 0 aliphatic heterocycles. The molecule has 0 saturated carbocycles. The summed E-state index contributed by atoms with van der Waals surface area (Å²) < 4.78 is 51.9. The van der Waals surface area contributed by atoms with E-state index in [0.29, 0.717) is 17.1 Å². The Balaban J connectivity index is 1.64. The summed E-state index contributed by atoms with van der Waals surface area (Å²) in [5.74, 6) is 0.404. The largest absolute Gasteiger partial charge is 0.497 e. The van der Waals surface area contributed by atoms with Gasteiger partial charge in [-0.15, -0.1) is 0 Å². The number of ether oxygens (including phenoxy) is 2. The average molecular weight is 498 g/mol. The van der Waals surface area contributed by atoms with Gasteiger partial charge in [0.15, 0.2) is 0 Å². The van der Waals surface area contributed by atoms with Crippen molar-refractivity contribution in [3.8, 4) is 11.5 Å². The van der Waals surface area contributed by atoms with Crippen molar-refractivity contribution in [3.05, 3.63) is 94.9 Å². The van der Waals surface area contributed by atoms with Gasteiger partial charge >= 0.3 is 6.18 Å². The Bertz CT molecular complexity index is 1360. The van der Waals surface area contributed by atoms with Crippen molar-refractivity contribution >= 4 is 11.6 Å². The number of aryl methyl sites for hydroxylation is 1. The van der Waals surface area contributed by atoms with E-state index in [1.165, 1.54) is 6.07 Å². The topological polar surface area (TPSA) is 64.9 Å². The van der Waals surface area contributed by atoms with Crippen LogP contribution in [-0.4, -0.2) is 29.5 Å². The first kappa shape index (κ1) is 25.1. The number of alkyl halides is 3. The maximum atomic E-state index is 13.1. The fraction of sp³-hybridized carbons (Fsp3) is 0.259. The van der Waals surface area contributed by atoms with Gasteiger partial charge in [0.25, 0.3) is 0 Å². The van der Waals surface area contributed by atoms with Crippen LogP contribution in [0.3, 0.4) is 0 Å². The van der Waals surface area contributed by atoms with Crippen LogP contribution >= 0.6 is 0 Å². The summed E-state index contributed by atoms with van der Waals surface area (Å²) >= 11 is 0. The lowest BCUT2D eigenvalue weighted by atomic mass is 9.91.